The van der Waals surface area contributed by atoms with Crippen LogP contribution in [0.2, 0.25) is 0 Å². The molecule has 0 spiro atoms. The molecule has 2 heterocycles. The summed E-state index contributed by atoms with van der Waals surface area (Å²) in [6.07, 6.45) is -2.31. The molecule has 250 valence electrons. The van der Waals surface area contributed by atoms with Crippen molar-refractivity contribution in [3.8, 4) is 17.2 Å². The van der Waals surface area contributed by atoms with E-state index in [9.17, 15) is 19.2 Å². The number of fused-ring (bicyclic) bond motifs is 4. The molecular weight excluding hydrogens is 628 g/mol. The van der Waals surface area contributed by atoms with Crippen LogP contribution in [0.4, 0.5) is 5.69 Å². The standard InChI is InChI=1S/C34H38N2O10S/c1-6-36(7-2)22-9-12-26-28(15-22)46-29-17-27(40)24-11-10-23(16-25(24)31(29)35-26)41-13-8-14-47-34-33(45-21(5)39)32(44-20(4)38)30(18-42-34)43-19(3)37/h9-12,15-17,30,32-34H,6-8,13-14,18H2,1-5H3/t30-,32-,33+,34-/m1/s1. The van der Waals surface area contributed by atoms with Gasteiger partial charge in [-0.05, 0) is 56.4 Å². The molecule has 0 N–H and O–H groups in total. The number of thioether (sulfide) groups is 1. The lowest BCUT2D eigenvalue weighted by atomic mass is 10.0. The van der Waals surface area contributed by atoms with E-state index >= 15 is 0 Å². The molecule has 2 aliphatic heterocycles. The molecule has 1 aliphatic carbocycles. The van der Waals surface area contributed by atoms with Gasteiger partial charge >= 0.3 is 17.9 Å². The normalized spacial score (nSPS) is 19.4. The summed E-state index contributed by atoms with van der Waals surface area (Å²) >= 11 is 1.37. The van der Waals surface area contributed by atoms with Crippen LogP contribution in [0.15, 0.2) is 51.7 Å². The highest BCUT2D eigenvalue weighted by molar-refractivity contribution is 7.99. The number of ether oxygens (including phenoxy) is 5. The topological polar surface area (TPSA) is 144 Å². The first kappa shape index (κ1) is 34.0. The van der Waals surface area contributed by atoms with Gasteiger partial charge in [-0.25, -0.2) is 4.98 Å². The van der Waals surface area contributed by atoms with Gasteiger partial charge in [0.1, 0.15) is 22.4 Å². The molecule has 0 unspecified atom stereocenters. The van der Waals surface area contributed by atoms with Crippen molar-refractivity contribution in [1.29, 1.82) is 0 Å². The lowest BCUT2D eigenvalue weighted by Crippen LogP contribution is -2.56. The molecule has 12 nitrogen and oxygen atoms in total. The third kappa shape index (κ3) is 7.96. The Labute approximate surface area is 276 Å². The molecule has 47 heavy (non-hydrogen) atoms. The van der Waals surface area contributed by atoms with Crippen molar-refractivity contribution >= 4 is 57.2 Å². The van der Waals surface area contributed by atoms with E-state index in [1.807, 2.05) is 18.2 Å². The average Bonchev–Trinajstić information content (AvgIpc) is 3.02. The predicted octanol–water partition coefficient (Wildman–Crippen LogP) is 4.95. The van der Waals surface area contributed by atoms with Crippen LogP contribution < -0.4 is 15.1 Å². The van der Waals surface area contributed by atoms with E-state index in [2.05, 4.69) is 18.7 Å². The minimum Gasteiger partial charge on any atom is -0.494 e. The second-order valence-corrected chi connectivity index (χ2v) is 12.2. The molecule has 0 bridgehead atoms. The third-order valence-corrected chi connectivity index (χ3v) is 8.93. The minimum absolute atomic E-state index is 0.0249. The van der Waals surface area contributed by atoms with Gasteiger partial charge in [0.05, 0.1) is 13.2 Å². The number of anilines is 1. The van der Waals surface area contributed by atoms with E-state index in [4.69, 9.17) is 33.1 Å². The van der Waals surface area contributed by atoms with Gasteiger partial charge in [-0.15, -0.1) is 11.8 Å². The first-order valence-electron chi connectivity index (χ1n) is 15.5. The number of rotatable bonds is 12. The molecule has 5 rings (SSSR count). The van der Waals surface area contributed by atoms with Crippen LogP contribution in [-0.4, -0.2) is 78.7 Å². The lowest BCUT2D eigenvalue weighted by Gasteiger charge is -2.40. The number of aromatic nitrogens is 1. The Kier molecular flexibility index (Phi) is 10.9. The number of carbonyl (C=O) groups is 3. The smallest absolute Gasteiger partial charge is 0.303 e. The van der Waals surface area contributed by atoms with E-state index in [-0.39, 0.29) is 12.0 Å². The maximum atomic E-state index is 13.0. The Morgan fingerprint density at radius 3 is 2.34 bits per heavy atom. The van der Waals surface area contributed by atoms with Crippen molar-refractivity contribution in [1.82, 2.24) is 4.98 Å². The highest BCUT2D eigenvalue weighted by Gasteiger charge is 2.46. The quantitative estimate of drug-likeness (QED) is 0.0662. The molecule has 0 saturated carbocycles. The number of hydrogen-bond acceptors (Lipinski definition) is 13. The van der Waals surface area contributed by atoms with Crippen molar-refractivity contribution in [2.45, 2.75) is 64.8 Å². The summed E-state index contributed by atoms with van der Waals surface area (Å²) in [6, 6.07) is 12.6. The minimum atomic E-state index is -1.01. The van der Waals surface area contributed by atoms with Gasteiger partial charge in [-0.3, -0.25) is 19.2 Å². The second-order valence-electron chi connectivity index (χ2n) is 11.0. The number of benzene rings is 3. The summed E-state index contributed by atoms with van der Waals surface area (Å²) in [4.78, 5) is 55.3. The summed E-state index contributed by atoms with van der Waals surface area (Å²) in [5.74, 6) is -0.236. The van der Waals surface area contributed by atoms with Crippen LogP contribution in [0.5, 0.6) is 5.75 Å². The highest BCUT2D eigenvalue weighted by Crippen LogP contribution is 2.34. The van der Waals surface area contributed by atoms with Crippen LogP contribution in [-0.2, 0) is 33.3 Å². The van der Waals surface area contributed by atoms with Crippen LogP contribution in [0.25, 0.3) is 33.3 Å². The van der Waals surface area contributed by atoms with Crippen LogP contribution in [0.3, 0.4) is 0 Å². The summed E-state index contributed by atoms with van der Waals surface area (Å²) in [6.45, 7) is 9.93. The molecule has 1 fully saturated rings. The highest BCUT2D eigenvalue weighted by atomic mass is 32.2. The fourth-order valence-corrected chi connectivity index (χ4v) is 6.71. The van der Waals surface area contributed by atoms with Gasteiger partial charge in [0.2, 0.25) is 0 Å². The van der Waals surface area contributed by atoms with E-state index in [1.54, 1.807) is 18.2 Å². The van der Waals surface area contributed by atoms with Crippen molar-refractivity contribution < 1.29 is 42.5 Å². The fourth-order valence-electron chi connectivity index (χ4n) is 5.62. The van der Waals surface area contributed by atoms with Crippen molar-refractivity contribution in [2.24, 2.45) is 0 Å². The number of esters is 3. The first-order valence-corrected chi connectivity index (χ1v) is 16.6. The Morgan fingerprint density at radius 1 is 0.915 bits per heavy atom. The first-order chi connectivity index (χ1) is 22.6. The fraction of sp³-hybridized carbons (Fsp3) is 0.441. The van der Waals surface area contributed by atoms with E-state index in [0.29, 0.717) is 57.9 Å². The molecule has 4 atom stereocenters. The zero-order valence-electron chi connectivity index (χ0n) is 27.0. The van der Waals surface area contributed by atoms with Gasteiger partial charge in [0.15, 0.2) is 35.1 Å². The third-order valence-electron chi connectivity index (χ3n) is 7.68. The second kappa shape index (κ2) is 15.0. The van der Waals surface area contributed by atoms with E-state index in [1.165, 1.54) is 38.6 Å². The molecule has 2 aromatic carbocycles. The molecule has 3 aliphatic rings. The zero-order chi connectivity index (χ0) is 33.7. The maximum Gasteiger partial charge on any atom is 0.303 e. The number of carbonyl (C=O) groups excluding carboxylic acids is 3. The van der Waals surface area contributed by atoms with Crippen LogP contribution >= 0.6 is 11.8 Å². The van der Waals surface area contributed by atoms with Crippen molar-refractivity contribution in [3.63, 3.8) is 0 Å². The molecule has 13 heteroatoms. The van der Waals surface area contributed by atoms with Crippen molar-refractivity contribution in [3.05, 3.63) is 52.7 Å². The predicted molar refractivity (Wildman–Crippen MR) is 177 cm³/mol. The molecule has 0 aromatic heterocycles. The van der Waals surface area contributed by atoms with Gasteiger partial charge in [-0.2, -0.15) is 0 Å². The Bertz CT molecular complexity index is 1790. The van der Waals surface area contributed by atoms with Crippen LogP contribution in [0, 0.1) is 0 Å². The number of hydrogen-bond donors (Lipinski definition) is 0. The lowest BCUT2D eigenvalue weighted by molar-refractivity contribution is -0.213. The molecule has 2 aromatic rings. The summed E-state index contributed by atoms with van der Waals surface area (Å²) in [5.41, 5.74) is 2.05. The van der Waals surface area contributed by atoms with Crippen LogP contribution in [0.1, 0.15) is 41.0 Å². The summed E-state index contributed by atoms with van der Waals surface area (Å²) < 4.78 is 34.2. The molecular formula is C34H38N2O10S. The molecule has 0 radical (unpaired) electrons. The Morgan fingerprint density at radius 2 is 1.64 bits per heavy atom. The summed E-state index contributed by atoms with van der Waals surface area (Å²) in [5, 5.41) is 1.15. The van der Waals surface area contributed by atoms with Gasteiger partial charge in [0, 0.05) is 62.5 Å². The molecule has 0 amide bonds. The zero-order valence-corrected chi connectivity index (χ0v) is 27.8. The Hall–Kier alpha value is -4.36. The average molecular weight is 667 g/mol. The SMILES string of the molecule is CCN(CC)c1ccc2nc3c4cc(OCCCS[C@H]5OC[C@@H](OC(C)=O)[C@@H](OC(C)=O)[C@@H]5OC(C)=O)ccc4c(=O)cc-3oc2c1. The van der Waals surface area contributed by atoms with E-state index in [0.717, 1.165) is 18.8 Å². The largest absolute Gasteiger partial charge is 0.494 e. The molecule has 1 saturated heterocycles. The van der Waals surface area contributed by atoms with Gasteiger partial charge in [-0.1, -0.05) is 0 Å². The summed E-state index contributed by atoms with van der Waals surface area (Å²) in [7, 11) is 0. The van der Waals surface area contributed by atoms with Gasteiger partial charge < -0.3 is 33.0 Å². The number of nitrogens with zero attached hydrogens (tertiary/aromatic N) is 2. The van der Waals surface area contributed by atoms with Crippen molar-refractivity contribution in [2.75, 3.05) is 37.0 Å². The monoisotopic (exact) mass is 666 g/mol. The Balaban J connectivity index is 1.27. The van der Waals surface area contributed by atoms with Gasteiger partial charge in [0.25, 0.3) is 0 Å². The maximum absolute atomic E-state index is 13.0. The van der Waals surface area contributed by atoms with E-state index < -0.39 is 41.7 Å².